The molecule has 150 valence electrons. The summed E-state index contributed by atoms with van der Waals surface area (Å²) in [4.78, 5) is 20.4. The normalized spacial score (nSPS) is 15.0. The second-order valence-corrected chi connectivity index (χ2v) is 7.03. The fraction of sp³-hybridized carbons (Fsp3) is 0.600. The molecule has 1 aliphatic rings. The molecule has 0 radical (unpaired) electrons. The predicted molar refractivity (Wildman–Crippen MR) is 109 cm³/mol. The number of carbonyl (C=O) groups is 1. The van der Waals surface area contributed by atoms with E-state index in [0.717, 1.165) is 12.1 Å². The van der Waals surface area contributed by atoms with E-state index in [0.29, 0.717) is 25.7 Å². The molecule has 1 amide bonds. The van der Waals surface area contributed by atoms with Gasteiger partial charge in [0, 0.05) is 34.3 Å². The van der Waals surface area contributed by atoms with Crippen molar-refractivity contribution in [2.45, 2.75) is 25.9 Å². The van der Waals surface area contributed by atoms with Crippen molar-refractivity contribution in [1.82, 2.24) is 20.4 Å². The average molecular weight is 376 g/mol. The second-order valence-electron chi connectivity index (χ2n) is 7.03. The van der Waals surface area contributed by atoms with Gasteiger partial charge in [-0.3, -0.25) is 9.69 Å². The third-order valence-corrected chi connectivity index (χ3v) is 4.55. The molecule has 0 aromatic heterocycles. The summed E-state index contributed by atoms with van der Waals surface area (Å²) in [5, 5.41) is 6.26. The topological polar surface area (TPSA) is 69.2 Å². The SMILES string of the molecule is COCCNC(=NCc1ccc(CN2CCCC2)cc1)NCC(=O)N(C)C. The largest absolute Gasteiger partial charge is 0.383 e. The first-order valence-electron chi connectivity index (χ1n) is 9.60. The van der Waals surface area contributed by atoms with Gasteiger partial charge in [-0.2, -0.15) is 0 Å². The van der Waals surface area contributed by atoms with E-state index in [-0.39, 0.29) is 12.5 Å². The monoisotopic (exact) mass is 375 g/mol. The minimum Gasteiger partial charge on any atom is -0.383 e. The van der Waals surface area contributed by atoms with Gasteiger partial charge in [0.05, 0.1) is 19.7 Å². The van der Waals surface area contributed by atoms with Gasteiger partial charge in [-0.1, -0.05) is 24.3 Å². The molecule has 1 aromatic carbocycles. The van der Waals surface area contributed by atoms with Gasteiger partial charge in [0.15, 0.2) is 5.96 Å². The lowest BCUT2D eigenvalue weighted by atomic mass is 10.1. The van der Waals surface area contributed by atoms with Crippen molar-refractivity contribution in [2.24, 2.45) is 4.99 Å². The average Bonchev–Trinajstić information content (AvgIpc) is 3.17. The van der Waals surface area contributed by atoms with Gasteiger partial charge in [0.1, 0.15) is 0 Å². The highest BCUT2D eigenvalue weighted by atomic mass is 16.5. The van der Waals surface area contributed by atoms with E-state index >= 15 is 0 Å². The minimum absolute atomic E-state index is 0.00232. The first kappa shape index (κ1) is 21.2. The molecule has 0 unspecified atom stereocenters. The molecular formula is C20H33N5O2. The van der Waals surface area contributed by atoms with Crippen molar-refractivity contribution < 1.29 is 9.53 Å². The molecule has 0 saturated carbocycles. The number of hydrogen-bond donors (Lipinski definition) is 2. The molecule has 2 N–H and O–H groups in total. The highest BCUT2D eigenvalue weighted by molar-refractivity contribution is 5.86. The first-order chi connectivity index (χ1) is 13.1. The maximum atomic E-state index is 11.8. The molecule has 1 aliphatic heterocycles. The molecule has 1 fully saturated rings. The van der Waals surface area contributed by atoms with Gasteiger partial charge in [-0.25, -0.2) is 4.99 Å². The number of nitrogens with zero attached hydrogens (tertiary/aromatic N) is 3. The Morgan fingerprint density at radius 1 is 1.15 bits per heavy atom. The fourth-order valence-corrected chi connectivity index (χ4v) is 2.88. The summed E-state index contributed by atoms with van der Waals surface area (Å²) in [5.41, 5.74) is 2.49. The Balaban J connectivity index is 1.88. The van der Waals surface area contributed by atoms with E-state index in [4.69, 9.17) is 4.74 Å². The summed E-state index contributed by atoms with van der Waals surface area (Å²) < 4.78 is 5.06. The molecule has 0 aliphatic carbocycles. The molecule has 1 heterocycles. The van der Waals surface area contributed by atoms with Gasteiger partial charge in [-0.05, 0) is 37.1 Å². The van der Waals surface area contributed by atoms with Crippen LogP contribution in [0.25, 0.3) is 0 Å². The summed E-state index contributed by atoms with van der Waals surface area (Å²) >= 11 is 0. The lowest BCUT2D eigenvalue weighted by Gasteiger charge is -2.15. The number of methoxy groups -OCH3 is 1. The fourth-order valence-electron chi connectivity index (χ4n) is 2.88. The Kier molecular flexibility index (Phi) is 9.07. The van der Waals surface area contributed by atoms with Crippen molar-refractivity contribution in [3.05, 3.63) is 35.4 Å². The molecule has 27 heavy (non-hydrogen) atoms. The number of likely N-dealkylation sites (N-methyl/N-ethyl adjacent to an activating group) is 1. The highest BCUT2D eigenvalue weighted by Gasteiger charge is 2.11. The number of hydrogen-bond acceptors (Lipinski definition) is 4. The van der Waals surface area contributed by atoms with Gasteiger partial charge >= 0.3 is 0 Å². The molecule has 7 nitrogen and oxygen atoms in total. The van der Waals surface area contributed by atoms with Crippen LogP contribution in [0.2, 0.25) is 0 Å². The number of nitrogens with one attached hydrogen (secondary N) is 2. The Labute approximate surface area is 162 Å². The minimum atomic E-state index is 0.00232. The van der Waals surface area contributed by atoms with E-state index in [1.165, 1.54) is 31.5 Å². The number of rotatable bonds is 9. The lowest BCUT2D eigenvalue weighted by Crippen LogP contribution is -2.43. The van der Waals surface area contributed by atoms with Crippen LogP contribution in [0.3, 0.4) is 0 Å². The number of ether oxygens (including phenoxy) is 1. The van der Waals surface area contributed by atoms with Crippen LogP contribution in [0.4, 0.5) is 0 Å². The predicted octanol–water partition coefficient (Wildman–Crippen LogP) is 1.05. The maximum absolute atomic E-state index is 11.8. The molecule has 0 bridgehead atoms. The third-order valence-electron chi connectivity index (χ3n) is 4.55. The number of likely N-dealkylation sites (tertiary alicyclic amines) is 1. The van der Waals surface area contributed by atoms with Crippen molar-refractivity contribution in [3.8, 4) is 0 Å². The number of carbonyl (C=O) groups excluding carboxylic acids is 1. The Morgan fingerprint density at radius 3 is 2.44 bits per heavy atom. The molecule has 0 atom stereocenters. The number of guanidine groups is 1. The zero-order chi connectivity index (χ0) is 19.5. The van der Waals surface area contributed by atoms with Gasteiger partial charge in [0.25, 0.3) is 0 Å². The van der Waals surface area contributed by atoms with Crippen molar-refractivity contribution in [1.29, 1.82) is 0 Å². The first-order valence-corrected chi connectivity index (χ1v) is 9.60. The Bertz CT molecular complexity index is 595. The summed E-state index contributed by atoms with van der Waals surface area (Å²) in [7, 11) is 5.14. The summed E-state index contributed by atoms with van der Waals surface area (Å²) in [5.74, 6) is 0.617. The zero-order valence-corrected chi connectivity index (χ0v) is 16.8. The van der Waals surface area contributed by atoms with Crippen molar-refractivity contribution in [3.63, 3.8) is 0 Å². The van der Waals surface area contributed by atoms with Crippen LogP contribution in [0.1, 0.15) is 24.0 Å². The lowest BCUT2D eigenvalue weighted by molar-refractivity contribution is -0.127. The van der Waals surface area contributed by atoms with Crippen LogP contribution in [0.15, 0.2) is 29.3 Å². The number of aliphatic imine (C=N–C) groups is 1. The van der Waals surface area contributed by atoms with E-state index in [1.807, 2.05) is 0 Å². The summed E-state index contributed by atoms with van der Waals surface area (Å²) in [6.45, 7) is 5.42. The summed E-state index contributed by atoms with van der Waals surface area (Å²) in [6, 6.07) is 8.63. The van der Waals surface area contributed by atoms with Crippen LogP contribution in [0.5, 0.6) is 0 Å². The van der Waals surface area contributed by atoms with Crippen LogP contribution in [0, 0.1) is 0 Å². The summed E-state index contributed by atoms with van der Waals surface area (Å²) in [6.07, 6.45) is 2.63. The number of amides is 1. The zero-order valence-electron chi connectivity index (χ0n) is 16.8. The van der Waals surface area contributed by atoms with Gasteiger partial charge < -0.3 is 20.3 Å². The second kappa shape index (κ2) is 11.6. The smallest absolute Gasteiger partial charge is 0.241 e. The molecule has 1 saturated heterocycles. The number of benzene rings is 1. The van der Waals surface area contributed by atoms with Crippen LogP contribution in [-0.2, 0) is 22.6 Å². The van der Waals surface area contributed by atoms with Crippen LogP contribution < -0.4 is 10.6 Å². The standard InChI is InChI=1S/C20H33N5O2/c1-24(2)19(26)15-23-20(21-10-13-27-3)22-14-17-6-8-18(9-7-17)16-25-11-4-5-12-25/h6-9H,4-5,10-16H2,1-3H3,(H2,21,22,23). The molecule has 1 aromatic rings. The van der Waals surface area contributed by atoms with Crippen molar-refractivity contribution >= 4 is 11.9 Å². The Morgan fingerprint density at radius 2 is 1.81 bits per heavy atom. The quantitative estimate of drug-likeness (QED) is 0.384. The molecule has 0 spiro atoms. The van der Waals surface area contributed by atoms with Gasteiger partial charge in [0.2, 0.25) is 5.91 Å². The third kappa shape index (κ3) is 7.97. The molecular weight excluding hydrogens is 342 g/mol. The Hall–Kier alpha value is -2.12. The van der Waals surface area contributed by atoms with E-state index in [2.05, 4.69) is 44.8 Å². The van der Waals surface area contributed by atoms with E-state index in [9.17, 15) is 4.79 Å². The maximum Gasteiger partial charge on any atom is 0.241 e. The van der Waals surface area contributed by atoms with E-state index < -0.39 is 0 Å². The molecule has 7 heteroatoms. The van der Waals surface area contributed by atoms with E-state index in [1.54, 1.807) is 26.1 Å². The van der Waals surface area contributed by atoms with Crippen LogP contribution in [-0.4, -0.2) is 75.7 Å². The molecule has 2 rings (SSSR count). The van der Waals surface area contributed by atoms with Gasteiger partial charge in [-0.15, -0.1) is 0 Å². The van der Waals surface area contributed by atoms with Crippen LogP contribution >= 0.6 is 0 Å². The van der Waals surface area contributed by atoms with Crippen molar-refractivity contribution in [2.75, 3.05) is 54.0 Å². The highest BCUT2D eigenvalue weighted by Crippen LogP contribution is 2.13.